The van der Waals surface area contributed by atoms with E-state index in [-0.39, 0.29) is 11.9 Å². The van der Waals surface area contributed by atoms with Crippen molar-refractivity contribution in [1.29, 1.82) is 0 Å². The van der Waals surface area contributed by atoms with Crippen LogP contribution in [0.15, 0.2) is 0 Å². The highest BCUT2D eigenvalue weighted by Crippen LogP contribution is 2.27. The molecule has 0 unspecified atom stereocenters. The number of hydrogen-bond acceptors (Lipinski definition) is 2. The molecule has 1 aliphatic carbocycles. The second-order valence-corrected chi connectivity index (χ2v) is 3.98. The van der Waals surface area contributed by atoms with E-state index in [2.05, 4.69) is 10.6 Å². The summed E-state index contributed by atoms with van der Waals surface area (Å²) in [5.41, 5.74) is 0. The van der Waals surface area contributed by atoms with Gasteiger partial charge in [-0.1, -0.05) is 0 Å². The second-order valence-electron chi connectivity index (χ2n) is 3.98. The van der Waals surface area contributed by atoms with Crippen LogP contribution in [0.2, 0.25) is 0 Å². The summed E-state index contributed by atoms with van der Waals surface area (Å²) < 4.78 is 12.7. The molecule has 1 aliphatic heterocycles. The Hall–Kier alpha value is -0.640. The molecule has 2 aliphatic rings. The summed E-state index contributed by atoms with van der Waals surface area (Å²) in [6.07, 6.45) is 1.93. The zero-order chi connectivity index (χ0) is 9.26. The van der Waals surface area contributed by atoms with Gasteiger partial charge in [0.25, 0.3) is 0 Å². The summed E-state index contributed by atoms with van der Waals surface area (Å²) in [5.74, 6) is 0.651. The fourth-order valence-electron chi connectivity index (χ4n) is 1.58. The lowest BCUT2D eigenvalue weighted by molar-refractivity contribution is -0.122. The van der Waals surface area contributed by atoms with Crippen LogP contribution in [0.4, 0.5) is 4.39 Å². The smallest absolute Gasteiger partial charge is 0.237 e. The molecule has 3 nitrogen and oxygen atoms in total. The molecule has 1 heterocycles. The quantitative estimate of drug-likeness (QED) is 0.661. The van der Waals surface area contributed by atoms with Gasteiger partial charge in [-0.2, -0.15) is 0 Å². The predicted octanol–water partition coefficient (Wildman–Crippen LogP) is 0.213. The number of rotatable bonds is 3. The van der Waals surface area contributed by atoms with Crippen LogP contribution in [0.25, 0.3) is 0 Å². The first-order chi connectivity index (χ1) is 6.25. The number of alkyl halides is 1. The van der Waals surface area contributed by atoms with Crippen LogP contribution >= 0.6 is 0 Å². The van der Waals surface area contributed by atoms with Crippen molar-refractivity contribution in [3.8, 4) is 0 Å². The van der Waals surface area contributed by atoms with E-state index < -0.39 is 6.17 Å². The maximum Gasteiger partial charge on any atom is 0.237 e. The van der Waals surface area contributed by atoms with Gasteiger partial charge in [0.1, 0.15) is 6.17 Å². The fourth-order valence-corrected chi connectivity index (χ4v) is 1.58. The van der Waals surface area contributed by atoms with E-state index in [1.165, 1.54) is 12.8 Å². The normalized spacial score (nSPS) is 33.3. The third kappa shape index (κ3) is 2.40. The van der Waals surface area contributed by atoms with Crippen molar-refractivity contribution in [2.45, 2.75) is 31.5 Å². The number of hydrogen-bond donors (Lipinski definition) is 2. The largest absolute Gasteiger partial charge is 0.354 e. The molecule has 1 amide bonds. The molecule has 1 saturated heterocycles. The monoisotopic (exact) mass is 186 g/mol. The summed E-state index contributed by atoms with van der Waals surface area (Å²) in [7, 11) is 0. The van der Waals surface area contributed by atoms with Crippen molar-refractivity contribution >= 4 is 5.91 Å². The van der Waals surface area contributed by atoms with Crippen molar-refractivity contribution in [3.63, 3.8) is 0 Å². The molecule has 74 valence electrons. The van der Waals surface area contributed by atoms with Gasteiger partial charge < -0.3 is 10.6 Å². The summed E-state index contributed by atoms with van der Waals surface area (Å²) in [5, 5.41) is 5.70. The molecule has 4 heteroatoms. The molecule has 1 saturated carbocycles. The maximum absolute atomic E-state index is 12.7. The average Bonchev–Trinajstić information content (AvgIpc) is 2.84. The average molecular weight is 186 g/mol. The Balaban J connectivity index is 1.69. The van der Waals surface area contributed by atoms with Gasteiger partial charge >= 0.3 is 0 Å². The summed E-state index contributed by atoms with van der Waals surface area (Å²) in [4.78, 5) is 11.4. The van der Waals surface area contributed by atoms with E-state index in [9.17, 15) is 9.18 Å². The first kappa shape index (κ1) is 8.94. The van der Waals surface area contributed by atoms with Crippen molar-refractivity contribution < 1.29 is 9.18 Å². The molecule has 0 aromatic rings. The van der Waals surface area contributed by atoms with Crippen molar-refractivity contribution in [3.05, 3.63) is 0 Å². The molecule has 2 fully saturated rings. The van der Waals surface area contributed by atoms with Gasteiger partial charge in [0, 0.05) is 19.5 Å². The van der Waals surface area contributed by atoms with Crippen LogP contribution in [0.5, 0.6) is 0 Å². The van der Waals surface area contributed by atoms with Crippen LogP contribution in [0.1, 0.15) is 19.3 Å². The Bertz CT molecular complexity index is 206. The SMILES string of the molecule is O=C(NCC1CC1)[C@@H]1C[C@H](F)CN1. The summed E-state index contributed by atoms with van der Waals surface area (Å²) in [6.45, 7) is 1.09. The van der Waals surface area contributed by atoms with E-state index >= 15 is 0 Å². The van der Waals surface area contributed by atoms with Gasteiger partial charge in [-0.3, -0.25) is 4.79 Å². The van der Waals surface area contributed by atoms with Crippen LogP contribution in [-0.2, 0) is 4.79 Å². The lowest BCUT2D eigenvalue weighted by Crippen LogP contribution is -2.41. The highest BCUT2D eigenvalue weighted by Gasteiger charge is 2.30. The van der Waals surface area contributed by atoms with E-state index in [0.29, 0.717) is 18.9 Å². The number of halogens is 1. The molecular formula is C9H15FN2O. The molecule has 2 atom stereocenters. The zero-order valence-electron chi connectivity index (χ0n) is 7.55. The minimum absolute atomic E-state index is 0.0351. The molecule has 2 N–H and O–H groups in total. The molecule has 0 aromatic heterocycles. The lowest BCUT2D eigenvalue weighted by atomic mass is 10.2. The molecule has 2 rings (SSSR count). The zero-order valence-corrected chi connectivity index (χ0v) is 7.55. The number of carbonyl (C=O) groups is 1. The van der Waals surface area contributed by atoms with Gasteiger partial charge in [-0.05, 0) is 18.8 Å². The number of nitrogens with one attached hydrogen (secondary N) is 2. The first-order valence-corrected chi connectivity index (χ1v) is 4.91. The standard InChI is InChI=1S/C9H15FN2O/c10-7-3-8(11-5-7)9(13)12-4-6-1-2-6/h6-8,11H,1-5H2,(H,12,13)/t7-,8-/m0/s1. The Labute approximate surface area is 77.1 Å². The Kier molecular flexibility index (Phi) is 2.49. The van der Waals surface area contributed by atoms with Crippen LogP contribution < -0.4 is 10.6 Å². The third-order valence-corrected chi connectivity index (χ3v) is 2.66. The van der Waals surface area contributed by atoms with Gasteiger partial charge in [-0.15, -0.1) is 0 Å². The lowest BCUT2D eigenvalue weighted by Gasteiger charge is -2.09. The summed E-state index contributed by atoms with van der Waals surface area (Å²) in [6, 6.07) is -0.297. The van der Waals surface area contributed by atoms with Crippen LogP contribution in [-0.4, -0.2) is 31.2 Å². The van der Waals surface area contributed by atoms with E-state index in [4.69, 9.17) is 0 Å². The molecule has 0 spiro atoms. The van der Waals surface area contributed by atoms with Crippen molar-refractivity contribution in [2.24, 2.45) is 5.92 Å². The summed E-state index contributed by atoms with van der Waals surface area (Å²) >= 11 is 0. The Morgan fingerprint density at radius 3 is 2.85 bits per heavy atom. The van der Waals surface area contributed by atoms with E-state index in [1.807, 2.05) is 0 Å². The third-order valence-electron chi connectivity index (χ3n) is 2.66. The van der Waals surface area contributed by atoms with Crippen LogP contribution in [0.3, 0.4) is 0 Å². The first-order valence-electron chi connectivity index (χ1n) is 4.91. The molecule has 0 aromatic carbocycles. The van der Waals surface area contributed by atoms with Crippen molar-refractivity contribution in [2.75, 3.05) is 13.1 Å². The van der Waals surface area contributed by atoms with Crippen LogP contribution in [0, 0.1) is 5.92 Å². The minimum Gasteiger partial charge on any atom is -0.354 e. The van der Waals surface area contributed by atoms with Gasteiger partial charge in [0.2, 0.25) is 5.91 Å². The minimum atomic E-state index is -0.850. The second kappa shape index (κ2) is 3.62. The Morgan fingerprint density at radius 1 is 1.54 bits per heavy atom. The fraction of sp³-hybridized carbons (Fsp3) is 0.889. The van der Waals surface area contributed by atoms with E-state index in [1.54, 1.807) is 0 Å². The number of carbonyl (C=O) groups excluding carboxylic acids is 1. The van der Waals surface area contributed by atoms with Gasteiger partial charge in [0.05, 0.1) is 6.04 Å². The van der Waals surface area contributed by atoms with Gasteiger partial charge in [0.15, 0.2) is 0 Å². The Morgan fingerprint density at radius 2 is 2.31 bits per heavy atom. The molecular weight excluding hydrogens is 171 g/mol. The van der Waals surface area contributed by atoms with E-state index in [0.717, 1.165) is 6.54 Å². The highest BCUT2D eigenvalue weighted by atomic mass is 19.1. The van der Waals surface area contributed by atoms with Gasteiger partial charge in [-0.25, -0.2) is 4.39 Å². The molecule has 0 bridgehead atoms. The topological polar surface area (TPSA) is 41.1 Å². The molecule has 0 radical (unpaired) electrons. The highest BCUT2D eigenvalue weighted by molar-refractivity contribution is 5.82. The van der Waals surface area contributed by atoms with Crippen molar-refractivity contribution in [1.82, 2.24) is 10.6 Å². The maximum atomic E-state index is 12.7. The number of amides is 1. The predicted molar refractivity (Wildman–Crippen MR) is 47.0 cm³/mol. The molecule has 13 heavy (non-hydrogen) atoms.